The van der Waals surface area contributed by atoms with Crippen LogP contribution in [0.5, 0.6) is 0 Å². The van der Waals surface area contributed by atoms with Crippen LogP contribution in [0.1, 0.15) is 31.1 Å². The van der Waals surface area contributed by atoms with Crippen molar-refractivity contribution in [2.24, 2.45) is 11.7 Å². The second kappa shape index (κ2) is 6.99. The molecule has 0 heterocycles. The van der Waals surface area contributed by atoms with E-state index in [1.807, 2.05) is 6.92 Å². The van der Waals surface area contributed by atoms with Gasteiger partial charge in [0.05, 0.1) is 24.0 Å². The van der Waals surface area contributed by atoms with Crippen molar-refractivity contribution in [3.63, 3.8) is 0 Å². The maximum absolute atomic E-state index is 11.1. The van der Waals surface area contributed by atoms with Gasteiger partial charge in [0.15, 0.2) is 0 Å². The SMILES string of the molecule is CCOCC(Nc1ccc(C(N)=O)cc1N)C(C)C. The Morgan fingerprint density at radius 2 is 2.11 bits per heavy atom. The Balaban J connectivity index is 2.81. The summed E-state index contributed by atoms with van der Waals surface area (Å²) in [6, 6.07) is 5.19. The third-order valence-electron chi connectivity index (χ3n) is 2.98. The number of nitrogens with one attached hydrogen (secondary N) is 1. The molecule has 0 aromatic heterocycles. The summed E-state index contributed by atoms with van der Waals surface area (Å²) in [5, 5.41) is 3.35. The van der Waals surface area contributed by atoms with Crippen LogP contribution in [0.2, 0.25) is 0 Å². The highest BCUT2D eigenvalue weighted by Gasteiger charge is 2.15. The molecule has 5 N–H and O–H groups in total. The Kier molecular flexibility index (Phi) is 5.63. The van der Waals surface area contributed by atoms with E-state index in [0.717, 1.165) is 5.69 Å². The zero-order valence-electron chi connectivity index (χ0n) is 11.8. The summed E-state index contributed by atoms with van der Waals surface area (Å²) in [5.41, 5.74) is 12.9. The van der Waals surface area contributed by atoms with Crippen molar-refractivity contribution in [1.29, 1.82) is 0 Å². The zero-order valence-corrected chi connectivity index (χ0v) is 11.8. The normalized spacial score (nSPS) is 12.4. The number of nitrogens with two attached hydrogens (primary N) is 2. The number of hydrogen-bond donors (Lipinski definition) is 3. The summed E-state index contributed by atoms with van der Waals surface area (Å²) in [6.45, 7) is 7.49. The molecule has 0 fully saturated rings. The van der Waals surface area contributed by atoms with E-state index in [9.17, 15) is 4.79 Å². The van der Waals surface area contributed by atoms with E-state index < -0.39 is 5.91 Å². The van der Waals surface area contributed by atoms with E-state index >= 15 is 0 Å². The number of nitrogen functional groups attached to an aromatic ring is 1. The number of benzene rings is 1. The largest absolute Gasteiger partial charge is 0.397 e. The van der Waals surface area contributed by atoms with Gasteiger partial charge < -0.3 is 21.5 Å². The van der Waals surface area contributed by atoms with Gasteiger partial charge in [-0.15, -0.1) is 0 Å². The van der Waals surface area contributed by atoms with E-state index in [0.29, 0.717) is 30.4 Å². The van der Waals surface area contributed by atoms with Crippen molar-refractivity contribution in [2.75, 3.05) is 24.3 Å². The average Bonchev–Trinajstić information content (AvgIpc) is 2.35. The highest BCUT2D eigenvalue weighted by molar-refractivity contribution is 5.94. The van der Waals surface area contributed by atoms with E-state index in [4.69, 9.17) is 16.2 Å². The first-order chi connectivity index (χ1) is 8.95. The molecule has 0 aliphatic carbocycles. The number of carbonyl (C=O) groups excluding carboxylic acids is 1. The minimum absolute atomic E-state index is 0.168. The first-order valence-corrected chi connectivity index (χ1v) is 6.49. The smallest absolute Gasteiger partial charge is 0.248 e. The van der Waals surface area contributed by atoms with Gasteiger partial charge in [-0.3, -0.25) is 4.79 Å². The molecule has 1 aromatic rings. The van der Waals surface area contributed by atoms with Crippen molar-refractivity contribution in [3.05, 3.63) is 23.8 Å². The molecule has 5 nitrogen and oxygen atoms in total. The molecular weight excluding hydrogens is 242 g/mol. The maximum atomic E-state index is 11.1. The molecule has 1 amide bonds. The molecule has 1 atom stereocenters. The van der Waals surface area contributed by atoms with Crippen LogP contribution in [0.4, 0.5) is 11.4 Å². The lowest BCUT2D eigenvalue weighted by Gasteiger charge is -2.24. The Hall–Kier alpha value is -1.75. The molecule has 0 aliphatic heterocycles. The van der Waals surface area contributed by atoms with Crippen LogP contribution in [0, 0.1) is 5.92 Å². The number of primary amides is 1. The predicted molar refractivity (Wildman–Crippen MR) is 78.1 cm³/mol. The zero-order chi connectivity index (χ0) is 14.4. The van der Waals surface area contributed by atoms with Gasteiger partial charge in [-0.05, 0) is 31.0 Å². The summed E-state index contributed by atoms with van der Waals surface area (Å²) in [7, 11) is 0. The molecule has 0 radical (unpaired) electrons. The Morgan fingerprint density at radius 3 is 2.58 bits per heavy atom. The Labute approximate surface area is 114 Å². The summed E-state index contributed by atoms with van der Waals surface area (Å²) < 4.78 is 5.45. The summed E-state index contributed by atoms with van der Waals surface area (Å²) in [5.74, 6) is -0.0743. The lowest BCUT2D eigenvalue weighted by Crippen LogP contribution is -2.31. The number of ether oxygens (including phenoxy) is 1. The van der Waals surface area contributed by atoms with Crippen LogP contribution in [-0.2, 0) is 4.74 Å². The molecule has 1 aromatic carbocycles. The molecule has 0 spiro atoms. The third-order valence-corrected chi connectivity index (χ3v) is 2.98. The number of rotatable bonds is 7. The third kappa shape index (κ3) is 4.44. The first-order valence-electron chi connectivity index (χ1n) is 6.49. The molecule has 5 heteroatoms. The van der Waals surface area contributed by atoms with E-state index in [-0.39, 0.29) is 6.04 Å². The number of hydrogen-bond acceptors (Lipinski definition) is 4. The van der Waals surface area contributed by atoms with Gasteiger partial charge in [-0.25, -0.2) is 0 Å². The van der Waals surface area contributed by atoms with Crippen LogP contribution in [-0.4, -0.2) is 25.2 Å². The van der Waals surface area contributed by atoms with Crippen molar-refractivity contribution in [3.8, 4) is 0 Å². The minimum atomic E-state index is -0.479. The summed E-state index contributed by atoms with van der Waals surface area (Å²) in [6.07, 6.45) is 0. The summed E-state index contributed by atoms with van der Waals surface area (Å²) >= 11 is 0. The quantitative estimate of drug-likeness (QED) is 0.656. The van der Waals surface area contributed by atoms with Crippen LogP contribution >= 0.6 is 0 Å². The first kappa shape index (κ1) is 15.3. The van der Waals surface area contributed by atoms with Gasteiger partial charge in [0.1, 0.15) is 0 Å². The summed E-state index contributed by atoms with van der Waals surface area (Å²) in [4.78, 5) is 11.1. The van der Waals surface area contributed by atoms with Gasteiger partial charge in [0.25, 0.3) is 0 Å². The topological polar surface area (TPSA) is 90.4 Å². The molecule has 0 saturated carbocycles. The lowest BCUT2D eigenvalue weighted by molar-refractivity contribution is 0.100. The van der Waals surface area contributed by atoms with E-state index in [1.54, 1.807) is 18.2 Å². The van der Waals surface area contributed by atoms with Gasteiger partial charge in [0, 0.05) is 12.2 Å². The second-order valence-electron chi connectivity index (χ2n) is 4.82. The second-order valence-corrected chi connectivity index (χ2v) is 4.82. The monoisotopic (exact) mass is 265 g/mol. The fourth-order valence-electron chi connectivity index (χ4n) is 1.69. The van der Waals surface area contributed by atoms with Crippen LogP contribution in [0.25, 0.3) is 0 Å². The Bertz CT molecular complexity index is 433. The maximum Gasteiger partial charge on any atom is 0.248 e. The molecule has 0 bridgehead atoms. The molecule has 19 heavy (non-hydrogen) atoms. The van der Waals surface area contributed by atoms with Crippen LogP contribution in [0.3, 0.4) is 0 Å². The molecule has 0 saturated heterocycles. The standard InChI is InChI=1S/C14H23N3O2/c1-4-19-8-13(9(2)3)17-12-6-5-10(14(16)18)7-11(12)15/h5-7,9,13,17H,4,8,15H2,1-3H3,(H2,16,18). The number of amides is 1. The Morgan fingerprint density at radius 1 is 1.42 bits per heavy atom. The molecule has 0 aliphatic rings. The predicted octanol–water partition coefficient (Wildman–Crippen LogP) is 1.84. The minimum Gasteiger partial charge on any atom is -0.397 e. The van der Waals surface area contributed by atoms with Crippen molar-refractivity contribution in [2.45, 2.75) is 26.8 Å². The molecule has 1 unspecified atom stereocenters. The van der Waals surface area contributed by atoms with E-state index in [2.05, 4.69) is 19.2 Å². The van der Waals surface area contributed by atoms with Gasteiger partial charge in [-0.1, -0.05) is 13.8 Å². The van der Waals surface area contributed by atoms with Crippen molar-refractivity contribution >= 4 is 17.3 Å². The van der Waals surface area contributed by atoms with Crippen LogP contribution in [0.15, 0.2) is 18.2 Å². The highest BCUT2D eigenvalue weighted by Crippen LogP contribution is 2.22. The highest BCUT2D eigenvalue weighted by atomic mass is 16.5. The van der Waals surface area contributed by atoms with Gasteiger partial charge >= 0.3 is 0 Å². The van der Waals surface area contributed by atoms with Gasteiger partial charge in [0.2, 0.25) is 5.91 Å². The van der Waals surface area contributed by atoms with E-state index in [1.165, 1.54) is 0 Å². The van der Waals surface area contributed by atoms with Gasteiger partial charge in [-0.2, -0.15) is 0 Å². The fraction of sp³-hybridized carbons (Fsp3) is 0.500. The number of anilines is 2. The van der Waals surface area contributed by atoms with Crippen LogP contribution < -0.4 is 16.8 Å². The average molecular weight is 265 g/mol. The molecular formula is C14H23N3O2. The van der Waals surface area contributed by atoms with Crippen molar-refractivity contribution < 1.29 is 9.53 Å². The fourth-order valence-corrected chi connectivity index (χ4v) is 1.69. The molecule has 1 rings (SSSR count). The molecule has 106 valence electrons. The number of carbonyl (C=O) groups is 1. The lowest BCUT2D eigenvalue weighted by atomic mass is 10.0. The van der Waals surface area contributed by atoms with Crippen molar-refractivity contribution in [1.82, 2.24) is 0 Å².